The van der Waals surface area contributed by atoms with Crippen molar-refractivity contribution in [3.8, 4) is 0 Å². The van der Waals surface area contributed by atoms with E-state index in [1.165, 1.54) is 0 Å². The summed E-state index contributed by atoms with van der Waals surface area (Å²) in [7, 11) is 1.96. The molecule has 0 N–H and O–H groups in total. The van der Waals surface area contributed by atoms with Crippen LogP contribution in [0, 0.1) is 5.92 Å². The SMILES string of the molecule is CC(C)CC(=O)N1CCN(C(=O)Cc2ccc3c(c2)ncn3C)CC1. The van der Waals surface area contributed by atoms with Gasteiger partial charge in [0.25, 0.3) is 0 Å². The van der Waals surface area contributed by atoms with Crippen molar-refractivity contribution in [1.29, 1.82) is 0 Å². The van der Waals surface area contributed by atoms with E-state index in [0.717, 1.165) is 16.6 Å². The van der Waals surface area contributed by atoms with Crippen LogP contribution in [0.3, 0.4) is 0 Å². The molecule has 0 unspecified atom stereocenters. The molecule has 0 bridgehead atoms. The van der Waals surface area contributed by atoms with E-state index in [0.29, 0.717) is 44.9 Å². The van der Waals surface area contributed by atoms with Crippen LogP contribution in [0.4, 0.5) is 0 Å². The predicted octanol–water partition coefficient (Wildman–Crippen LogP) is 1.83. The Morgan fingerprint density at radius 3 is 2.36 bits per heavy atom. The minimum absolute atomic E-state index is 0.117. The number of carbonyl (C=O) groups excluding carboxylic acids is 2. The predicted molar refractivity (Wildman–Crippen MR) is 97.0 cm³/mol. The lowest BCUT2D eigenvalue weighted by Crippen LogP contribution is -2.51. The third-order valence-electron chi connectivity index (χ3n) is 4.71. The number of benzene rings is 1. The first-order chi connectivity index (χ1) is 11.9. The van der Waals surface area contributed by atoms with Crippen molar-refractivity contribution >= 4 is 22.8 Å². The fourth-order valence-corrected chi connectivity index (χ4v) is 3.26. The van der Waals surface area contributed by atoms with Crippen LogP contribution in [0.15, 0.2) is 24.5 Å². The van der Waals surface area contributed by atoms with Crippen LogP contribution in [0.2, 0.25) is 0 Å². The number of amides is 2. The number of rotatable bonds is 4. The van der Waals surface area contributed by atoms with Gasteiger partial charge in [0.05, 0.1) is 23.8 Å². The molecule has 0 aliphatic carbocycles. The van der Waals surface area contributed by atoms with Gasteiger partial charge in [-0.3, -0.25) is 9.59 Å². The molecular formula is C19H26N4O2. The maximum atomic E-state index is 12.6. The highest BCUT2D eigenvalue weighted by Gasteiger charge is 2.24. The van der Waals surface area contributed by atoms with E-state index >= 15 is 0 Å². The van der Waals surface area contributed by atoms with E-state index in [1.54, 1.807) is 6.33 Å². The number of imidazole rings is 1. The summed E-state index contributed by atoms with van der Waals surface area (Å²) in [6, 6.07) is 5.98. The van der Waals surface area contributed by atoms with Crippen molar-refractivity contribution in [1.82, 2.24) is 19.4 Å². The fraction of sp³-hybridized carbons (Fsp3) is 0.526. The molecule has 1 aliphatic heterocycles. The lowest BCUT2D eigenvalue weighted by molar-refractivity contribution is -0.139. The van der Waals surface area contributed by atoms with Gasteiger partial charge in [-0.25, -0.2) is 4.98 Å². The van der Waals surface area contributed by atoms with Crippen LogP contribution in [-0.4, -0.2) is 57.3 Å². The van der Waals surface area contributed by atoms with Gasteiger partial charge >= 0.3 is 0 Å². The van der Waals surface area contributed by atoms with E-state index in [-0.39, 0.29) is 11.8 Å². The van der Waals surface area contributed by atoms with E-state index < -0.39 is 0 Å². The molecular weight excluding hydrogens is 316 g/mol. The van der Waals surface area contributed by atoms with Gasteiger partial charge < -0.3 is 14.4 Å². The van der Waals surface area contributed by atoms with Crippen LogP contribution in [-0.2, 0) is 23.1 Å². The smallest absolute Gasteiger partial charge is 0.227 e. The highest BCUT2D eigenvalue weighted by Crippen LogP contribution is 2.15. The Hall–Kier alpha value is -2.37. The Morgan fingerprint density at radius 1 is 1.08 bits per heavy atom. The monoisotopic (exact) mass is 342 g/mol. The largest absolute Gasteiger partial charge is 0.339 e. The van der Waals surface area contributed by atoms with Crippen molar-refractivity contribution in [3.05, 3.63) is 30.1 Å². The van der Waals surface area contributed by atoms with Crippen molar-refractivity contribution in [2.75, 3.05) is 26.2 Å². The second-order valence-corrected chi connectivity index (χ2v) is 7.21. The summed E-state index contributed by atoms with van der Waals surface area (Å²) in [5, 5.41) is 0. The summed E-state index contributed by atoms with van der Waals surface area (Å²) >= 11 is 0. The quantitative estimate of drug-likeness (QED) is 0.852. The Balaban J connectivity index is 1.56. The molecule has 134 valence electrons. The van der Waals surface area contributed by atoms with Gasteiger partial charge in [0.2, 0.25) is 11.8 Å². The Morgan fingerprint density at radius 2 is 1.72 bits per heavy atom. The number of hydrogen-bond acceptors (Lipinski definition) is 3. The van der Waals surface area contributed by atoms with Gasteiger partial charge in [-0.05, 0) is 23.6 Å². The molecule has 3 rings (SSSR count). The Bertz CT molecular complexity index is 773. The molecule has 2 amide bonds. The first kappa shape index (κ1) is 17.5. The van der Waals surface area contributed by atoms with Crippen LogP contribution in [0.25, 0.3) is 11.0 Å². The van der Waals surface area contributed by atoms with E-state index in [2.05, 4.69) is 18.8 Å². The average molecular weight is 342 g/mol. The van der Waals surface area contributed by atoms with Gasteiger partial charge in [0.15, 0.2) is 0 Å². The fourth-order valence-electron chi connectivity index (χ4n) is 3.26. The van der Waals surface area contributed by atoms with Crippen molar-refractivity contribution in [3.63, 3.8) is 0 Å². The van der Waals surface area contributed by atoms with Crippen LogP contribution in [0.5, 0.6) is 0 Å². The number of carbonyl (C=O) groups is 2. The normalized spacial score (nSPS) is 15.2. The standard InChI is InChI=1S/C19H26N4O2/c1-14(2)10-18(24)22-6-8-23(9-7-22)19(25)12-15-4-5-17-16(11-15)20-13-21(17)3/h4-5,11,13-14H,6-10,12H2,1-3H3. The number of aromatic nitrogens is 2. The number of piperazine rings is 1. The Labute approximate surface area is 148 Å². The van der Waals surface area contributed by atoms with Crippen LogP contribution >= 0.6 is 0 Å². The number of aryl methyl sites for hydroxylation is 1. The van der Waals surface area contributed by atoms with Crippen molar-refractivity contribution < 1.29 is 9.59 Å². The zero-order chi connectivity index (χ0) is 18.0. The first-order valence-electron chi connectivity index (χ1n) is 8.89. The highest BCUT2D eigenvalue weighted by atomic mass is 16.2. The molecule has 1 saturated heterocycles. The summed E-state index contributed by atoms with van der Waals surface area (Å²) in [5.74, 6) is 0.683. The molecule has 1 aromatic carbocycles. The minimum Gasteiger partial charge on any atom is -0.339 e. The van der Waals surface area contributed by atoms with Crippen LogP contribution in [0.1, 0.15) is 25.8 Å². The first-order valence-corrected chi connectivity index (χ1v) is 8.89. The topological polar surface area (TPSA) is 58.4 Å². The molecule has 0 spiro atoms. The van der Waals surface area contributed by atoms with Crippen molar-refractivity contribution in [2.45, 2.75) is 26.7 Å². The van der Waals surface area contributed by atoms with Gasteiger partial charge in [0, 0.05) is 39.6 Å². The zero-order valence-corrected chi connectivity index (χ0v) is 15.2. The van der Waals surface area contributed by atoms with E-state index in [4.69, 9.17) is 0 Å². The lowest BCUT2D eigenvalue weighted by Gasteiger charge is -2.35. The third-order valence-corrected chi connectivity index (χ3v) is 4.71. The second kappa shape index (κ2) is 7.25. The molecule has 2 aromatic rings. The third kappa shape index (κ3) is 4.00. The van der Waals surface area contributed by atoms with E-state index in [1.807, 2.05) is 39.6 Å². The summed E-state index contributed by atoms with van der Waals surface area (Å²) in [6.07, 6.45) is 2.74. The molecule has 6 heteroatoms. The summed E-state index contributed by atoms with van der Waals surface area (Å²) in [5.41, 5.74) is 2.96. The summed E-state index contributed by atoms with van der Waals surface area (Å²) in [4.78, 5) is 32.8. The molecule has 25 heavy (non-hydrogen) atoms. The maximum Gasteiger partial charge on any atom is 0.227 e. The number of hydrogen-bond donors (Lipinski definition) is 0. The Kier molecular flexibility index (Phi) is 5.06. The molecule has 0 saturated carbocycles. The molecule has 0 atom stereocenters. The average Bonchev–Trinajstić information content (AvgIpc) is 2.95. The van der Waals surface area contributed by atoms with Gasteiger partial charge in [-0.1, -0.05) is 19.9 Å². The van der Waals surface area contributed by atoms with Crippen LogP contribution < -0.4 is 0 Å². The van der Waals surface area contributed by atoms with Gasteiger partial charge in [0.1, 0.15) is 0 Å². The molecule has 1 aliphatic rings. The van der Waals surface area contributed by atoms with Gasteiger partial charge in [-0.15, -0.1) is 0 Å². The molecule has 1 fully saturated rings. The second-order valence-electron chi connectivity index (χ2n) is 7.21. The molecule has 0 radical (unpaired) electrons. The number of nitrogens with zero attached hydrogens (tertiary/aromatic N) is 4. The lowest BCUT2D eigenvalue weighted by atomic mass is 10.1. The highest BCUT2D eigenvalue weighted by molar-refractivity contribution is 5.82. The maximum absolute atomic E-state index is 12.6. The minimum atomic E-state index is 0.117. The summed E-state index contributed by atoms with van der Waals surface area (Å²) < 4.78 is 1.97. The van der Waals surface area contributed by atoms with E-state index in [9.17, 15) is 9.59 Å². The molecule has 2 heterocycles. The zero-order valence-electron chi connectivity index (χ0n) is 15.2. The van der Waals surface area contributed by atoms with Gasteiger partial charge in [-0.2, -0.15) is 0 Å². The summed E-state index contributed by atoms with van der Waals surface area (Å²) in [6.45, 7) is 6.61. The molecule has 1 aromatic heterocycles. The number of fused-ring (bicyclic) bond motifs is 1. The molecule has 6 nitrogen and oxygen atoms in total. The van der Waals surface area contributed by atoms with Crippen molar-refractivity contribution in [2.24, 2.45) is 13.0 Å².